The Labute approximate surface area is 74.0 Å². The predicted octanol–water partition coefficient (Wildman–Crippen LogP) is 2.50. The van der Waals surface area contributed by atoms with Crippen molar-refractivity contribution in [1.82, 2.24) is 0 Å². The predicted molar refractivity (Wildman–Crippen MR) is 51.2 cm³/mol. The molecule has 1 heteroatoms. The van der Waals surface area contributed by atoms with Gasteiger partial charge in [-0.25, -0.2) is 0 Å². The van der Waals surface area contributed by atoms with E-state index in [1.807, 2.05) is 0 Å². The second kappa shape index (κ2) is 2.88. The van der Waals surface area contributed by atoms with E-state index in [9.17, 15) is 0 Å². The first kappa shape index (κ1) is 10.5. The third-order valence-corrected chi connectivity index (χ3v) is 7.23. The van der Waals surface area contributed by atoms with Crippen LogP contribution in [0.2, 0.25) is 4.75 Å². The van der Waals surface area contributed by atoms with E-state index >= 15 is 0 Å². The van der Waals surface area contributed by atoms with E-state index in [4.69, 9.17) is 0 Å². The van der Waals surface area contributed by atoms with Crippen LogP contribution >= 0.6 is 0 Å². The van der Waals surface area contributed by atoms with Gasteiger partial charge in [-0.15, -0.1) is 0 Å². The van der Waals surface area contributed by atoms with Crippen molar-refractivity contribution in [3.63, 3.8) is 0 Å². The van der Waals surface area contributed by atoms with E-state index in [1.54, 1.807) is 0 Å². The Morgan fingerprint density at radius 1 is 0.800 bits per heavy atom. The van der Waals surface area contributed by atoms with Crippen molar-refractivity contribution in [2.45, 2.75) is 46.3 Å². The van der Waals surface area contributed by atoms with Gasteiger partial charge in [-0.05, 0) is 0 Å². The quantitative estimate of drug-likeness (QED) is 0.529. The van der Waals surface area contributed by atoms with E-state index < -0.39 is 0 Å². The topological polar surface area (TPSA) is 0 Å². The van der Waals surface area contributed by atoms with Gasteiger partial charge in [0.2, 0.25) is 0 Å². The summed E-state index contributed by atoms with van der Waals surface area (Å²) in [5, 5.41) is 0. The summed E-state index contributed by atoms with van der Waals surface area (Å²) in [7, 11) is 0. The maximum atomic E-state index is 2.34. The summed E-state index contributed by atoms with van der Waals surface area (Å²) in [6, 6.07) is 0. The van der Waals surface area contributed by atoms with Crippen molar-refractivity contribution >= 4 is 16.5 Å². The van der Waals surface area contributed by atoms with Crippen LogP contribution in [0, 0.1) is 10.8 Å². The van der Waals surface area contributed by atoms with Gasteiger partial charge in [-0.2, -0.15) is 0 Å². The first-order valence-corrected chi connectivity index (χ1v) is 5.70. The molecule has 0 bridgehead atoms. The molecule has 0 aromatic heterocycles. The molecule has 0 heterocycles. The monoisotopic (exact) mass is 203 g/mol. The minimum atomic E-state index is 0.498. The molecule has 0 N–H and O–H groups in total. The van der Waals surface area contributed by atoms with Crippen LogP contribution in [0.3, 0.4) is 0 Å². The summed E-state index contributed by atoms with van der Waals surface area (Å²) in [5.41, 5.74) is 0.997. The van der Waals surface area contributed by atoms with E-state index in [1.165, 1.54) is 16.5 Å². The molecule has 1 radical (unpaired) electrons. The molecule has 0 fully saturated rings. The first-order chi connectivity index (χ1) is 4.15. The molecule has 0 atom stereocenters. The Bertz CT molecular complexity index is 88.9. The van der Waals surface area contributed by atoms with Crippen molar-refractivity contribution in [1.29, 1.82) is 0 Å². The van der Waals surface area contributed by atoms with E-state index in [0.29, 0.717) is 10.8 Å². The van der Waals surface area contributed by atoms with Gasteiger partial charge in [0.15, 0.2) is 0 Å². The van der Waals surface area contributed by atoms with Crippen LogP contribution in [-0.4, -0.2) is 16.5 Å². The average molecular weight is 202 g/mol. The maximum absolute atomic E-state index is 2.34. The molecule has 61 valence electrons. The van der Waals surface area contributed by atoms with Crippen LogP contribution in [0.1, 0.15) is 41.5 Å². The van der Waals surface area contributed by atoms with Crippen molar-refractivity contribution in [3.8, 4) is 0 Å². The zero-order valence-electron chi connectivity index (χ0n) is 8.28. The molecular weight excluding hydrogens is 181 g/mol. The Morgan fingerprint density at radius 2 is 1.00 bits per heavy atom. The molecule has 0 aromatic rings. The van der Waals surface area contributed by atoms with Crippen LogP contribution in [0.4, 0.5) is 0 Å². The normalized spacial score (nSPS) is 14.4. The number of rotatable bonds is 0. The van der Waals surface area contributed by atoms with Gasteiger partial charge in [0.05, 0.1) is 0 Å². The zero-order valence-corrected chi connectivity index (χ0v) is 11.3. The molecule has 0 amide bonds. The molecule has 0 saturated heterocycles. The fourth-order valence-corrected chi connectivity index (χ4v) is 1.30. The third kappa shape index (κ3) is 3.09. The first-order valence-electron chi connectivity index (χ1n) is 3.99. The standard InChI is InChI=1S/C9H21Ge/c1-8(2,3)7(10)9(4,5)6/h7H,10H2,1-6H3. The molecule has 0 saturated carbocycles. The van der Waals surface area contributed by atoms with E-state index in [0.717, 1.165) is 4.75 Å². The van der Waals surface area contributed by atoms with Crippen molar-refractivity contribution < 1.29 is 0 Å². The van der Waals surface area contributed by atoms with Crippen molar-refractivity contribution in [2.75, 3.05) is 0 Å². The van der Waals surface area contributed by atoms with Gasteiger partial charge in [0, 0.05) is 0 Å². The van der Waals surface area contributed by atoms with Gasteiger partial charge in [-0.1, -0.05) is 0 Å². The van der Waals surface area contributed by atoms with Crippen molar-refractivity contribution in [2.24, 2.45) is 10.8 Å². The zero-order chi connectivity index (χ0) is 8.58. The van der Waals surface area contributed by atoms with Crippen LogP contribution in [-0.2, 0) is 0 Å². The molecular formula is C9H21Ge. The molecule has 0 aliphatic carbocycles. The molecule has 0 rings (SSSR count). The fourth-order valence-electron chi connectivity index (χ4n) is 1.30. The van der Waals surface area contributed by atoms with Crippen LogP contribution in [0.5, 0.6) is 0 Å². The average Bonchev–Trinajstić information content (AvgIpc) is 1.59. The molecule has 0 spiro atoms. The number of hydrogen-bond acceptors (Lipinski definition) is 0. The Morgan fingerprint density at radius 3 is 1.00 bits per heavy atom. The van der Waals surface area contributed by atoms with Crippen LogP contribution < -0.4 is 0 Å². The third-order valence-electron chi connectivity index (χ3n) is 2.09. The number of hydrogen-bond donors (Lipinski definition) is 0. The molecule has 0 aromatic carbocycles. The Balaban J connectivity index is 4.23. The molecule has 10 heavy (non-hydrogen) atoms. The fraction of sp³-hybridized carbons (Fsp3) is 1.00. The summed E-state index contributed by atoms with van der Waals surface area (Å²) in [6.45, 7) is 14.0. The Kier molecular flexibility index (Phi) is 3.04. The molecule has 0 unspecified atom stereocenters. The van der Waals surface area contributed by atoms with Crippen molar-refractivity contribution in [3.05, 3.63) is 0 Å². The molecule has 0 aliphatic heterocycles. The van der Waals surface area contributed by atoms with Crippen LogP contribution in [0.15, 0.2) is 0 Å². The van der Waals surface area contributed by atoms with Gasteiger partial charge in [0.25, 0.3) is 0 Å². The van der Waals surface area contributed by atoms with E-state index in [2.05, 4.69) is 41.5 Å². The summed E-state index contributed by atoms with van der Waals surface area (Å²) < 4.78 is 0.889. The summed E-state index contributed by atoms with van der Waals surface area (Å²) in [5.74, 6) is 0. The summed E-state index contributed by atoms with van der Waals surface area (Å²) >= 11 is 1.41. The SMILES string of the molecule is CC(C)(C)[CH]([GeH2])C(C)(C)C. The summed E-state index contributed by atoms with van der Waals surface area (Å²) in [4.78, 5) is 0. The van der Waals surface area contributed by atoms with Crippen LogP contribution in [0.25, 0.3) is 0 Å². The van der Waals surface area contributed by atoms with E-state index in [-0.39, 0.29) is 0 Å². The second-order valence-corrected chi connectivity index (χ2v) is 7.00. The molecule has 0 nitrogen and oxygen atoms in total. The molecule has 0 aliphatic rings. The minimum absolute atomic E-state index is 0.498. The van der Waals surface area contributed by atoms with Gasteiger partial charge in [0.1, 0.15) is 0 Å². The van der Waals surface area contributed by atoms with Gasteiger partial charge in [-0.3, -0.25) is 0 Å². The second-order valence-electron chi connectivity index (χ2n) is 5.28. The summed E-state index contributed by atoms with van der Waals surface area (Å²) in [6.07, 6.45) is 0. The van der Waals surface area contributed by atoms with Gasteiger partial charge >= 0.3 is 73.6 Å². The Hall–Kier alpha value is 0.543. The van der Waals surface area contributed by atoms with Gasteiger partial charge < -0.3 is 0 Å².